The Morgan fingerprint density at radius 3 is 2.45 bits per heavy atom. The van der Waals surface area contributed by atoms with Crippen molar-refractivity contribution in [3.63, 3.8) is 0 Å². The molecule has 0 unspecified atom stereocenters. The van der Waals surface area contributed by atoms with E-state index < -0.39 is 0 Å². The topological polar surface area (TPSA) is 25.4 Å². The number of rotatable bonds is 8. The van der Waals surface area contributed by atoms with Crippen molar-refractivity contribution in [3.8, 4) is 0 Å². The molecule has 0 spiro atoms. The minimum Gasteiger partial charge on any atom is -0.383 e. The minimum atomic E-state index is 0.403. The van der Waals surface area contributed by atoms with E-state index in [4.69, 9.17) is 21.3 Å². The quantitative estimate of drug-likeness (QED) is 0.677. The second-order valence-electron chi connectivity index (χ2n) is 5.88. The number of alkyl halides is 1. The third-order valence-corrected chi connectivity index (χ3v) is 3.42. The zero-order chi connectivity index (χ0) is 15.1. The fraction of sp³-hybridized carbons (Fsp3) is 0.688. The average Bonchev–Trinajstić information content (AvgIpc) is 2.42. The third kappa shape index (κ3) is 5.29. The number of hydrogen-bond donors (Lipinski definition) is 0. The smallest absolute Gasteiger partial charge is 0.129 e. The summed E-state index contributed by atoms with van der Waals surface area (Å²) in [6.07, 6.45) is 0. The van der Waals surface area contributed by atoms with Gasteiger partial charge in [-0.1, -0.05) is 27.7 Å². The lowest BCUT2D eigenvalue weighted by atomic mass is 10.1. The summed E-state index contributed by atoms with van der Waals surface area (Å²) < 4.78 is 5.21. The number of pyridine rings is 1. The molecule has 0 saturated carbocycles. The number of aromatic nitrogens is 1. The Morgan fingerprint density at radius 1 is 1.25 bits per heavy atom. The second kappa shape index (κ2) is 8.48. The molecule has 0 atom stereocenters. The van der Waals surface area contributed by atoms with Gasteiger partial charge in [0.15, 0.2) is 0 Å². The number of ether oxygens (including phenoxy) is 1. The Hall–Kier alpha value is -0.800. The molecule has 0 saturated heterocycles. The first kappa shape index (κ1) is 17.3. The van der Waals surface area contributed by atoms with Gasteiger partial charge in [0.05, 0.1) is 6.61 Å². The van der Waals surface area contributed by atoms with Gasteiger partial charge in [0.1, 0.15) is 5.82 Å². The normalized spacial score (nSPS) is 11.4. The van der Waals surface area contributed by atoms with E-state index in [1.165, 1.54) is 0 Å². The first-order valence-corrected chi connectivity index (χ1v) is 7.82. The summed E-state index contributed by atoms with van der Waals surface area (Å²) in [4.78, 5) is 7.09. The molecule has 0 N–H and O–H groups in total. The van der Waals surface area contributed by atoms with Gasteiger partial charge in [0, 0.05) is 31.8 Å². The van der Waals surface area contributed by atoms with Crippen molar-refractivity contribution in [1.82, 2.24) is 4.98 Å². The molecular formula is C16H27ClN2O. The van der Waals surface area contributed by atoms with Crippen molar-refractivity contribution in [2.75, 3.05) is 31.7 Å². The van der Waals surface area contributed by atoms with Gasteiger partial charge >= 0.3 is 0 Å². The van der Waals surface area contributed by atoms with Gasteiger partial charge in [-0.15, -0.1) is 11.6 Å². The highest BCUT2D eigenvalue weighted by Crippen LogP contribution is 2.22. The van der Waals surface area contributed by atoms with E-state index >= 15 is 0 Å². The molecule has 0 aliphatic rings. The number of anilines is 1. The molecule has 0 fully saturated rings. The zero-order valence-electron chi connectivity index (χ0n) is 13.3. The molecule has 0 bridgehead atoms. The average molecular weight is 299 g/mol. The largest absolute Gasteiger partial charge is 0.383 e. The summed E-state index contributed by atoms with van der Waals surface area (Å²) in [5.74, 6) is 2.52. The van der Waals surface area contributed by atoms with Crippen LogP contribution in [0, 0.1) is 5.92 Å². The zero-order valence-corrected chi connectivity index (χ0v) is 14.1. The lowest BCUT2D eigenvalue weighted by Gasteiger charge is -2.26. The maximum Gasteiger partial charge on any atom is 0.129 e. The summed E-state index contributed by atoms with van der Waals surface area (Å²) in [7, 11) is 1.73. The second-order valence-corrected chi connectivity index (χ2v) is 6.15. The van der Waals surface area contributed by atoms with Crippen LogP contribution in [0.2, 0.25) is 0 Å². The van der Waals surface area contributed by atoms with Gasteiger partial charge in [-0.25, -0.2) is 4.98 Å². The Bertz CT molecular complexity index is 407. The van der Waals surface area contributed by atoms with Crippen molar-refractivity contribution >= 4 is 17.4 Å². The van der Waals surface area contributed by atoms with E-state index in [-0.39, 0.29) is 0 Å². The number of halogens is 1. The summed E-state index contributed by atoms with van der Waals surface area (Å²) >= 11 is 6.02. The highest BCUT2D eigenvalue weighted by atomic mass is 35.5. The van der Waals surface area contributed by atoms with Crippen molar-refractivity contribution in [1.29, 1.82) is 0 Å². The molecular weight excluding hydrogens is 272 g/mol. The Balaban J connectivity index is 3.06. The van der Waals surface area contributed by atoms with Crippen molar-refractivity contribution in [2.24, 2.45) is 5.92 Å². The van der Waals surface area contributed by atoms with E-state index in [0.717, 1.165) is 30.2 Å². The van der Waals surface area contributed by atoms with E-state index in [0.29, 0.717) is 24.3 Å². The summed E-state index contributed by atoms with van der Waals surface area (Å²) in [5, 5.41) is 0. The van der Waals surface area contributed by atoms with Crippen LogP contribution in [0.3, 0.4) is 0 Å². The van der Waals surface area contributed by atoms with Crippen LogP contribution in [-0.2, 0) is 10.6 Å². The highest BCUT2D eigenvalue weighted by Gasteiger charge is 2.13. The molecule has 1 aromatic rings. The molecule has 3 nitrogen and oxygen atoms in total. The van der Waals surface area contributed by atoms with Crippen LogP contribution in [-0.4, -0.2) is 31.8 Å². The SMILES string of the molecule is COCCN(CC(C)C)c1cc(CCl)cc(C(C)C)n1. The molecule has 0 amide bonds. The Kier molecular flexibility index (Phi) is 7.31. The fourth-order valence-electron chi connectivity index (χ4n) is 2.07. The van der Waals surface area contributed by atoms with Gasteiger partial charge in [0.2, 0.25) is 0 Å². The Morgan fingerprint density at radius 2 is 1.95 bits per heavy atom. The lowest BCUT2D eigenvalue weighted by Crippen LogP contribution is -2.32. The van der Waals surface area contributed by atoms with E-state index in [1.54, 1.807) is 7.11 Å². The molecule has 114 valence electrons. The van der Waals surface area contributed by atoms with E-state index in [1.807, 2.05) is 0 Å². The standard InChI is InChI=1S/C16H27ClN2O/c1-12(2)11-19(6-7-20-5)16-9-14(10-17)8-15(18-16)13(3)4/h8-9,12-13H,6-7,10-11H2,1-5H3. The number of hydrogen-bond acceptors (Lipinski definition) is 3. The van der Waals surface area contributed by atoms with Gasteiger partial charge in [-0.3, -0.25) is 0 Å². The van der Waals surface area contributed by atoms with Gasteiger partial charge in [0.25, 0.3) is 0 Å². The summed E-state index contributed by atoms with van der Waals surface area (Å²) in [6.45, 7) is 11.3. The lowest BCUT2D eigenvalue weighted by molar-refractivity contribution is 0.204. The predicted octanol–water partition coefficient (Wildman–Crippen LogP) is 4.05. The summed E-state index contributed by atoms with van der Waals surface area (Å²) in [6, 6.07) is 4.20. The summed E-state index contributed by atoms with van der Waals surface area (Å²) in [5.41, 5.74) is 2.23. The highest BCUT2D eigenvalue weighted by molar-refractivity contribution is 6.17. The first-order chi connectivity index (χ1) is 9.47. The van der Waals surface area contributed by atoms with Crippen LogP contribution in [0.15, 0.2) is 12.1 Å². The molecule has 0 aromatic carbocycles. The first-order valence-electron chi connectivity index (χ1n) is 7.28. The van der Waals surface area contributed by atoms with Crippen LogP contribution in [0.25, 0.3) is 0 Å². The van der Waals surface area contributed by atoms with Crippen molar-refractivity contribution in [2.45, 2.75) is 39.5 Å². The maximum absolute atomic E-state index is 6.02. The molecule has 4 heteroatoms. The van der Waals surface area contributed by atoms with Gasteiger partial charge < -0.3 is 9.64 Å². The predicted molar refractivity (Wildman–Crippen MR) is 86.8 cm³/mol. The van der Waals surface area contributed by atoms with E-state index in [9.17, 15) is 0 Å². The fourth-order valence-corrected chi connectivity index (χ4v) is 2.23. The van der Waals surface area contributed by atoms with Crippen LogP contribution < -0.4 is 4.90 Å². The molecule has 20 heavy (non-hydrogen) atoms. The molecule has 0 radical (unpaired) electrons. The number of methoxy groups -OCH3 is 1. The van der Waals surface area contributed by atoms with Crippen LogP contribution in [0.4, 0.5) is 5.82 Å². The molecule has 1 rings (SSSR count). The molecule has 0 aliphatic heterocycles. The van der Waals surface area contributed by atoms with Crippen LogP contribution >= 0.6 is 11.6 Å². The molecule has 1 aromatic heterocycles. The van der Waals surface area contributed by atoms with Gasteiger partial charge in [-0.05, 0) is 29.5 Å². The molecule has 1 heterocycles. The van der Waals surface area contributed by atoms with Gasteiger partial charge in [-0.2, -0.15) is 0 Å². The molecule has 0 aliphatic carbocycles. The third-order valence-electron chi connectivity index (χ3n) is 3.11. The van der Waals surface area contributed by atoms with E-state index in [2.05, 4.69) is 44.7 Å². The Labute approximate surface area is 128 Å². The van der Waals surface area contributed by atoms with Crippen LogP contribution in [0.5, 0.6) is 0 Å². The van der Waals surface area contributed by atoms with Crippen LogP contribution in [0.1, 0.15) is 44.9 Å². The maximum atomic E-state index is 6.02. The monoisotopic (exact) mass is 298 g/mol. The van der Waals surface area contributed by atoms with Crippen molar-refractivity contribution in [3.05, 3.63) is 23.4 Å². The van der Waals surface area contributed by atoms with Crippen molar-refractivity contribution < 1.29 is 4.74 Å². The minimum absolute atomic E-state index is 0.403. The number of nitrogens with zero attached hydrogens (tertiary/aromatic N) is 2.